The van der Waals surface area contributed by atoms with Gasteiger partial charge in [0.25, 0.3) is 0 Å². The number of cyclic esters (lactones) is 1. The third-order valence-corrected chi connectivity index (χ3v) is 1.91. The van der Waals surface area contributed by atoms with Gasteiger partial charge < -0.3 is 9.47 Å². The first kappa shape index (κ1) is 8.81. The number of carbonyl (C=O) groups excluding carboxylic acids is 1. The zero-order chi connectivity index (χ0) is 9.80. The average molecular weight is 190 g/mol. The van der Waals surface area contributed by atoms with Gasteiger partial charge in [0.05, 0.1) is 0 Å². The average Bonchev–Trinajstić information content (AvgIpc) is 2.63. The quantitative estimate of drug-likeness (QED) is 0.684. The molecule has 1 aliphatic rings. The second kappa shape index (κ2) is 3.96. The Kier molecular flexibility index (Phi) is 2.49. The van der Waals surface area contributed by atoms with Gasteiger partial charge in [-0.2, -0.15) is 0 Å². The number of esters is 1. The van der Waals surface area contributed by atoms with Gasteiger partial charge in [-0.15, -0.1) is 0 Å². The van der Waals surface area contributed by atoms with E-state index >= 15 is 0 Å². The van der Waals surface area contributed by atoms with Crippen LogP contribution in [0.3, 0.4) is 0 Å². The molecule has 3 heteroatoms. The lowest BCUT2D eigenvalue weighted by atomic mass is 10.2. The van der Waals surface area contributed by atoms with Crippen molar-refractivity contribution in [1.82, 2.24) is 0 Å². The van der Waals surface area contributed by atoms with Crippen molar-refractivity contribution in [2.75, 3.05) is 0 Å². The molecule has 2 rings (SSSR count). The summed E-state index contributed by atoms with van der Waals surface area (Å²) >= 11 is 0. The molecule has 1 aromatic rings. The van der Waals surface area contributed by atoms with Gasteiger partial charge in [-0.1, -0.05) is 30.3 Å². The molecule has 14 heavy (non-hydrogen) atoms. The van der Waals surface area contributed by atoms with E-state index in [0.29, 0.717) is 12.4 Å². The minimum absolute atomic E-state index is 0.243. The summed E-state index contributed by atoms with van der Waals surface area (Å²) in [5, 5.41) is 0. The van der Waals surface area contributed by atoms with E-state index in [0.717, 1.165) is 5.56 Å². The molecule has 0 bridgehead atoms. The van der Waals surface area contributed by atoms with Gasteiger partial charge in [-0.3, -0.25) is 4.79 Å². The molecule has 72 valence electrons. The first-order valence-electron chi connectivity index (χ1n) is 4.40. The maximum Gasteiger partial charge on any atom is 0.318 e. The van der Waals surface area contributed by atoms with Crippen molar-refractivity contribution in [2.24, 2.45) is 0 Å². The van der Waals surface area contributed by atoms with Gasteiger partial charge in [-0.05, 0) is 5.56 Å². The molecular formula is C11H10O3. The first-order valence-corrected chi connectivity index (χ1v) is 4.40. The van der Waals surface area contributed by atoms with E-state index in [4.69, 9.17) is 4.74 Å². The maximum atomic E-state index is 10.7. The van der Waals surface area contributed by atoms with E-state index in [1.165, 1.54) is 6.26 Å². The van der Waals surface area contributed by atoms with E-state index in [2.05, 4.69) is 4.74 Å². The van der Waals surface area contributed by atoms with Gasteiger partial charge >= 0.3 is 5.97 Å². The Morgan fingerprint density at radius 3 is 2.71 bits per heavy atom. The van der Waals surface area contributed by atoms with Crippen LogP contribution in [0.1, 0.15) is 12.0 Å². The molecule has 0 saturated heterocycles. The second-order valence-electron chi connectivity index (χ2n) is 3.03. The standard InChI is InChI=1S/C11H10O3/c12-11-6-10(8-14-11)13-7-9-4-2-1-3-5-9/h1-5,8H,6-7H2. The lowest BCUT2D eigenvalue weighted by molar-refractivity contribution is -0.135. The van der Waals surface area contributed by atoms with Gasteiger partial charge in [-0.25, -0.2) is 0 Å². The summed E-state index contributed by atoms with van der Waals surface area (Å²) in [4.78, 5) is 10.7. The van der Waals surface area contributed by atoms with Crippen LogP contribution in [0.2, 0.25) is 0 Å². The monoisotopic (exact) mass is 190 g/mol. The summed E-state index contributed by atoms with van der Waals surface area (Å²) in [5.41, 5.74) is 1.08. The third kappa shape index (κ3) is 2.13. The predicted molar refractivity (Wildman–Crippen MR) is 50.0 cm³/mol. The van der Waals surface area contributed by atoms with Gasteiger partial charge in [0, 0.05) is 0 Å². The molecule has 0 atom stereocenters. The number of hydrogen-bond acceptors (Lipinski definition) is 3. The largest absolute Gasteiger partial charge is 0.489 e. The molecule has 0 N–H and O–H groups in total. The van der Waals surface area contributed by atoms with Crippen LogP contribution in [0.4, 0.5) is 0 Å². The Labute approximate surface area is 81.9 Å². The topological polar surface area (TPSA) is 35.5 Å². The summed E-state index contributed by atoms with van der Waals surface area (Å²) in [6.45, 7) is 0.476. The Morgan fingerprint density at radius 1 is 1.29 bits per heavy atom. The van der Waals surface area contributed by atoms with E-state index in [1.807, 2.05) is 30.3 Å². The number of hydrogen-bond donors (Lipinski definition) is 0. The third-order valence-electron chi connectivity index (χ3n) is 1.91. The molecule has 0 radical (unpaired) electrons. The minimum Gasteiger partial charge on any atom is -0.489 e. The zero-order valence-electron chi connectivity index (χ0n) is 7.60. The number of benzene rings is 1. The summed E-state index contributed by atoms with van der Waals surface area (Å²) in [6, 6.07) is 9.79. The van der Waals surface area contributed by atoms with E-state index < -0.39 is 0 Å². The molecule has 1 aromatic carbocycles. The highest BCUT2D eigenvalue weighted by atomic mass is 16.6. The summed E-state index contributed by atoms with van der Waals surface area (Å²) in [7, 11) is 0. The second-order valence-corrected chi connectivity index (χ2v) is 3.03. The lowest BCUT2D eigenvalue weighted by Crippen LogP contribution is -1.95. The molecule has 0 amide bonds. The summed E-state index contributed by atoms with van der Waals surface area (Å²) in [6.07, 6.45) is 1.61. The van der Waals surface area contributed by atoms with Crippen molar-refractivity contribution < 1.29 is 14.3 Å². The SMILES string of the molecule is O=C1CC(OCc2ccccc2)=CO1. The van der Waals surface area contributed by atoms with Crippen molar-refractivity contribution in [3.63, 3.8) is 0 Å². The zero-order valence-corrected chi connectivity index (χ0v) is 7.60. The molecule has 0 saturated carbocycles. The van der Waals surface area contributed by atoms with Gasteiger partial charge in [0.1, 0.15) is 25.0 Å². The van der Waals surface area contributed by atoms with E-state index in [-0.39, 0.29) is 12.4 Å². The predicted octanol–water partition coefficient (Wildman–Crippen LogP) is 1.99. The molecule has 0 unspecified atom stereocenters. The van der Waals surface area contributed by atoms with Crippen LogP contribution >= 0.6 is 0 Å². The summed E-state index contributed by atoms with van der Waals surface area (Å²) in [5.74, 6) is 0.340. The van der Waals surface area contributed by atoms with Crippen LogP contribution in [0.25, 0.3) is 0 Å². The molecule has 0 spiro atoms. The maximum absolute atomic E-state index is 10.7. The molecule has 0 fully saturated rings. The van der Waals surface area contributed by atoms with Crippen molar-refractivity contribution in [3.8, 4) is 0 Å². The van der Waals surface area contributed by atoms with E-state index in [1.54, 1.807) is 0 Å². The summed E-state index contributed by atoms with van der Waals surface area (Å²) < 4.78 is 10.0. The van der Waals surface area contributed by atoms with Crippen LogP contribution in [0.5, 0.6) is 0 Å². The van der Waals surface area contributed by atoms with Crippen molar-refractivity contribution in [1.29, 1.82) is 0 Å². The normalized spacial score (nSPS) is 14.9. The number of ether oxygens (including phenoxy) is 2. The highest BCUT2D eigenvalue weighted by molar-refractivity contribution is 5.74. The van der Waals surface area contributed by atoms with Crippen molar-refractivity contribution in [3.05, 3.63) is 47.9 Å². The van der Waals surface area contributed by atoms with Gasteiger partial charge in [0.2, 0.25) is 0 Å². The minimum atomic E-state index is -0.256. The number of carbonyl (C=O) groups is 1. The first-order chi connectivity index (χ1) is 6.84. The molecule has 1 heterocycles. The smallest absolute Gasteiger partial charge is 0.318 e. The van der Waals surface area contributed by atoms with Crippen LogP contribution in [-0.2, 0) is 20.9 Å². The molecule has 0 aliphatic carbocycles. The van der Waals surface area contributed by atoms with Crippen LogP contribution in [0, 0.1) is 0 Å². The molecule has 1 aliphatic heterocycles. The molecular weight excluding hydrogens is 180 g/mol. The lowest BCUT2D eigenvalue weighted by Gasteiger charge is -2.03. The fourth-order valence-corrected chi connectivity index (χ4v) is 1.19. The van der Waals surface area contributed by atoms with E-state index in [9.17, 15) is 4.79 Å². The Bertz CT molecular complexity index is 354. The van der Waals surface area contributed by atoms with Crippen LogP contribution in [0.15, 0.2) is 42.4 Å². The van der Waals surface area contributed by atoms with Crippen LogP contribution in [-0.4, -0.2) is 5.97 Å². The van der Waals surface area contributed by atoms with Gasteiger partial charge in [0.15, 0.2) is 0 Å². The fourth-order valence-electron chi connectivity index (χ4n) is 1.19. The number of rotatable bonds is 3. The highest BCUT2D eigenvalue weighted by Gasteiger charge is 2.15. The highest BCUT2D eigenvalue weighted by Crippen LogP contribution is 2.15. The Morgan fingerprint density at radius 2 is 2.07 bits per heavy atom. The van der Waals surface area contributed by atoms with Crippen molar-refractivity contribution in [2.45, 2.75) is 13.0 Å². The Hall–Kier alpha value is -1.77. The van der Waals surface area contributed by atoms with Crippen LogP contribution < -0.4 is 0 Å². The molecule has 0 aromatic heterocycles. The Balaban J connectivity index is 1.86. The van der Waals surface area contributed by atoms with Crippen molar-refractivity contribution >= 4 is 5.97 Å². The fraction of sp³-hybridized carbons (Fsp3) is 0.182. The molecule has 3 nitrogen and oxygen atoms in total.